The van der Waals surface area contributed by atoms with E-state index >= 15 is 0 Å². The Balaban J connectivity index is 0.00000306. The molecule has 0 bridgehead atoms. The van der Waals surface area contributed by atoms with Gasteiger partial charge in [-0.05, 0) is 47.0 Å². The van der Waals surface area contributed by atoms with Crippen molar-refractivity contribution in [1.29, 1.82) is 0 Å². The molecule has 0 saturated heterocycles. The Bertz CT molecular complexity index is 1290. The van der Waals surface area contributed by atoms with Crippen LogP contribution in [0.25, 0.3) is 22.3 Å². The Morgan fingerprint density at radius 2 is 1.55 bits per heavy atom. The number of carbonyl (C=O) groups is 2. The number of aromatic carboxylic acids is 1. The van der Waals surface area contributed by atoms with E-state index in [9.17, 15) is 14.7 Å². The average molecular weight is 448 g/mol. The van der Waals surface area contributed by atoms with Crippen molar-refractivity contribution < 1.29 is 19.4 Å². The van der Waals surface area contributed by atoms with Crippen molar-refractivity contribution in [2.24, 2.45) is 0 Å². The molecule has 2 N–H and O–H groups in total. The molecule has 0 radical (unpaired) electrons. The van der Waals surface area contributed by atoms with Crippen molar-refractivity contribution in [3.05, 3.63) is 102 Å². The summed E-state index contributed by atoms with van der Waals surface area (Å²) in [5.41, 5.74) is 3.84. The summed E-state index contributed by atoms with van der Waals surface area (Å²) in [6.07, 6.45) is 3.13. The summed E-state index contributed by atoms with van der Waals surface area (Å²) in [4.78, 5) is 28.9. The molecule has 1 heterocycles. The molecule has 3 aromatic carbocycles. The standard InChI is InChI=1S/C26H20N2O4.Na.H/c1-32-22-9-5-8-18(13-22)19-10-11-23(26(30)31)24(14-19)28-25(29)21-12-20(15-27-16-21)17-6-3-2-4-7-17;;/h2-16H,1H3,(H,28,29)(H,30,31);;. The van der Waals surface area contributed by atoms with Gasteiger partial charge in [-0.25, -0.2) is 4.79 Å². The Morgan fingerprint density at radius 1 is 0.818 bits per heavy atom. The van der Waals surface area contributed by atoms with Crippen molar-refractivity contribution in [1.82, 2.24) is 4.98 Å². The van der Waals surface area contributed by atoms with Gasteiger partial charge in [-0.3, -0.25) is 9.78 Å². The molecular weight excluding hydrogens is 427 g/mol. The summed E-state index contributed by atoms with van der Waals surface area (Å²) in [5, 5.41) is 12.3. The molecule has 0 atom stereocenters. The van der Waals surface area contributed by atoms with Crippen LogP contribution in [0.4, 0.5) is 5.69 Å². The number of hydrogen-bond donors (Lipinski definition) is 2. The average Bonchev–Trinajstić information content (AvgIpc) is 2.84. The fourth-order valence-corrected chi connectivity index (χ4v) is 3.36. The Kier molecular flexibility index (Phi) is 8.01. The van der Waals surface area contributed by atoms with Gasteiger partial charge < -0.3 is 15.2 Å². The quantitative estimate of drug-likeness (QED) is 0.417. The van der Waals surface area contributed by atoms with Gasteiger partial charge in [0, 0.05) is 18.0 Å². The number of rotatable bonds is 6. The molecule has 1 aromatic heterocycles. The number of aromatic nitrogens is 1. The molecule has 6 nitrogen and oxygen atoms in total. The summed E-state index contributed by atoms with van der Waals surface area (Å²) < 4.78 is 5.27. The van der Waals surface area contributed by atoms with Crippen molar-refractivity contribution in [2.75, 3.05) is 12.4 Å². The second kappa shape index (κ2) is 10.9. The zero-order chi connectivity index (χ0) is 22.5. The normalized spacial score (nSPS) is 10.1. The van der Waals surface area contributed by atoms with Gasteiger partial charge in [0.25, 0.3) is 5.91 Å². The van der Waals surface area contributed by atoms with E-state index in [-0.39, 0.29) is 40.8 Å². The van der Waals surface area contributed by atoms with Crippen molar-refractivity contribution in [2.45, 2.75) is 0 Å². The number of ether oxygens (including phenoxy) is 1. The zero-order valence-electron chi connectivity index (χ0n) is 17.3. The SMILES string of the molecule is COc1cccc(-c2ccc(C(=O)O)c(NC(=O)c3cncc(-c4ccccc4)c3)c2)c1.[NaH]. The van der Waals surface area contributed by atoms with Crippen LogP contribution in [0, 0.1) is 0 Å². The minimum absolute atomic E-state index is 0. The number of anilines is 1. The first kappa shape index (κ1) is 24.2. The first-order chi connectivity index (χ1) is 15.5. The number of carbonyl (C=O) groups excluding carboxylic acids is 1. The topological polar surface area (TPSA) is 88.5 Å². The number of pyridine rings is 1. The van der Waals surface area contributed by atoms with Gasteiger partial charge in [0.1, 0.15) is 5.75 Å². The molecule has 0 aliphatic heterocycles. The van der Waals surface area contributed by atoms with E-state index in [4.69, 9.17) is 4.74 Å². The number of methoxy groups -OCH3 is 1. The van der Waals surface area contributed by atoms with E-state index in [0.717, 1.165) is 22.3 Å². The number of hydrogen-bond acceptors (Lipinski definition) is 4. The number of amides is 1. The summed E-state index contributed by atoms with van der Waals surface area (Å²) in [5.74, 6) is -0.895. The molecular formula is C26H21N2NaO4. The molecule has 160 valence electrons. The van der Waals surface area contributed by atoms with Gasteiger partial charge in [-0.1, -0.05) is 48.5 Å². The number of benzene rings is 3. The van der Waals surface area contributed by atoms with Gasteiger partial charge in [0.15, 0.2) is 0 Å². The number of nitrogens with zero attached hydrogens (tertiary/aromatic N) is 1. The van der Waals surface area contributed by atoms with E-state index < -0.39 is 11.9 Å². The summed E-state index contributed by atoms with van der Waals surface area (Å²) in [6.45, 7) is 0. The third kappa shape index (κ3) is 5.68. The Labute approximate surface area is 213 Å². The molecule has 0 fully saturated rings. The van der Waals surface area contributed by atoms with Crippen LogP contribution in [-0.4, -0.2) is 58.6 Å². The van der Waals surface area contributed by atoms with Crippen LogP contribution < -0.4 is 10.1 Å². The van der Waals surface area contributed by atoms with Gasteiger partial charge in [-0.2, -0.15) is 0 Å². The maximum absolute atomic E-state index is 13.0. The third-order valence-corrected chi connectivity index (χ3v) is 5.01. The predicted molar refractivity (Wildman–Crippen MR) is 130 cm³/mol. The molecule has 0 saturated carbocycles. The zero-order valence-corrected chi connectivity index (χ0v) is 17.3. The molecule has 1 amide bonds. The monoisotopic (exact) mass is 448 g/mol. The number of nitrogens with one attached hydrogen (secondary N) is 1. The van der Waals surface area contributed by atoms with Gasteiger partial charge >= 0.3 is 35.5 Å². The molecule has 0 aliphatic rings. The van der Waals surface area contributed by atoms with Crippen LogP contribution in [0.3, 0.4) is 0 Å². The summed E-state index contributed by atoms with van der Waals surface area (Å²) in [7, 11) is 1.58. The van der Waals surface area contributed by atoms with E-state index in [0.29, 0.717) is 11.3 Å². The number of carboxylic acid groups (broad SMARTS) is 1. The molecule has 0 spiro atoms. The molecule has 7 heteroatoms. The Morgan fingerprint density at radius 3 is 2.27 bits per heavy atom. The predicted octanol–water partition coefficient (Wildman–Crippen LogP) is 4.73. The summed E-state index contributed by atoms with van der Waals surface area (Å²) >= 11 is 0. The molecule has 0 unspecified atom stereocenters. The first-order valence-corrected chi connectivity index (χ1v) is 9.89. The third-order valence-electron chi connectivity index (χ3n) is 5.01. The van der Waals surface area contributed by atoms with Crippen LogP contribution in [0.2, 0.25) is 0 Å². The van der Waals surface area contributed by atoms with Crippen LogP contribution in [0.5, 0.6) is 5.75 Å². The van der Waals surface area contributed by atoms with Crippen molar-refractivity contribution >= 4 is 47.1 Å². The van der Waals surface area contributed by atoms with Gasteiger partial charge in [0.05, 0.1) is 23.9 Å². The fraction of sp³-hybridized carbons (Fsp3) is 0.0385. The first-order valence-electron chi connectivity index (χ1n) is 9.89. The van der Waals surface area contributed by atoms with Crippen LogP contribution in [0.1, 0.15) is 20.7 Å². The maximum atomic E-state index is 13.0. The molecule has 0 aliphatic carbocycles. The van der Waals surface area contributed by atoms with E-state index in [1.807, 2.05) is 54.6 Å². The minimum atomic E-state index is -1.13. The molecule has 33 heavy (non-hydrogen) atoms. The van der Waals surface area contributed by atoms with Crippen molar-refractivity contribution in [3.63, 3.8) is 0 Å². The van der Waals surface area contributed by atoms with Crippen molar-refractivity contribution in [3.8, 4) is 28.0 Å². The van der Waals surface area contributed by atoms with E-state index in [1.165, 1.54) is 12.3 Å². The second-order valence-electron chi connectivity index (χ2n) is 7.08. The molecule has 4 aromatic rings. The Hall–Kier alpha value is -3.45. The second-order valence-corrected chi connectivity index (χ2v) is 7.08. The van der Waals surface area contributed by atoms with Gasteiger partial charge in [0.2, 0.25) is 0 Å². The van der Waals surface area contributed by atoms with Crippen LogP contribution in [-0.2, 0) is 0 Å². The van der Waals surface area contributed by atoms with E-state index in [2.05, 4.69) is 10.3 Å². The summed E-state index contributed by atoms with van der Waals surface area (Å²) in [6, 6.07) is 23.5. The number of carboxylic acids is 1. The van der Waals surface area contributed by atoms with Crippen LogP contribution >= 0.6 is 0 Å². The van der Waals surface area contributed by atoms with Gasteiger partial charge in [-0.15, -0.1) is 0 Å². The fourth-order valence-electron chi connectivity index (χ4n) is 3.36. The molecule has 4 rings (SSSR count). The van der Waals surface area contributed by atoms with E-state index in [1.54, 1.807) is 31.5 Å². The van der Waals surface area contributed by atoms with Crippen LogP contribution in [0.15, 0.2) is 91.3 Å².